The highest BCUT2D eigenvalue weighted by molar-refractivity contribution is 7.98. The van der Waals surface area contributed by atoms with Gasteiger partial charge in [-0.25, -0.2) is 9.78 Å². The standard InChI is InChI=1S/C33H33N5O5S/c1-4-37(5-2)24-18-14-22(15-19-24)26-27(32(40)43-6-3)29(23-10-8-7-9-11-23)34-30-28(26)31(39)36-33(35-30)44-20-21-12-16-25(17-13-21)38(41)42/h7-19,26H,4-6,20H2,1-3H3,(H2,34,35,36,39). The topological polar surface area (TPSA) is 130 Å². The maximum Gasteiger partial charge on any atom is 0.337 e. The molecule has 1 aliphatic rings. The molecule has 1 aliphatic heterocycles. The van der Waals surface area contributed by atoms with E-state index in [1.54, 1.807) is 19.1 Å². The third-order valence-corrected chi connectivity index (χ3v) is 8.40. The van der Waals surface area contributed by atoms with Crippen molar-refractivity contribution in [2.45, 2.75) is 37.6 Å². The average Bonchev–Trinajstić information content (AvgIpc) is 3.04. The molecule has 2 N–H and O–H groups in total. The number of fused-ring (bicyclic) bond motifs is 1. The third-order valence-electron chi connectivity index (χ3n) is 7.46. The number of nitro groups is 1. The summed E-state index contributed by atoms with van der Waals surface area (Å²) >= 11 is 1.30. The van der Waals surface area contributed by atoms with Gasteiger partial charge in [-0.1, -0.05) is 66.4 Å². The van der Waals surface area contributed by atoms with E-state index in [-0.39, 0.29) is 17.9 Å². The molecule has 1 atom stereocenters. The number of carbonyl (C=O) groups excluding carboxylic acids is 1. The van der Waals surface area contributed by atoms with Crippen LogP contribution in [-0.2, 0) is 15.3 Å². The fraction of sp³-hybridized carbons (Fsp3) is 0.242. The summed E-state index contributed by atoms with van der Waals surface area (Å²) in [5.41, 5.74) is 4.23. The molecule has 3 aromatic carbocycles. The molecule has 0 saturated heterocycles. The number of rotatable bonds is 11. The molecular weight excluding hydrogens is 578 g/mol. The second-order valence-electron chi connectivity index (χ2n) is 10.0. The minimum atomic E-state index is -0.740. The van der Waals surface area contributed by atoms with E-state index >= 15 is 0 Å². The Labute approximate surface area is 259 Å². The molecule has 44 heavy (non-hydrogen) atoms. The Bertz CT molecular complexity index is 1730. The normalized spacial score (nSPS) is 14.0. The van der Waals surface area contributed by atoms with E-state index in [4.69, 9.17) is 9.72 Å². The summed E-state index contributed by atoms with van der Waals surface area (Å²) in [4.78, 5) is 47.9. The van der Waals surface area contributed by atoms with Crippen LogP contribution in [0.25, 0.3) is 5.70 Å². The predicted octanol–water partition coefficient (Wildman–Crippen LogP) is 6.35. The maximum absolute atomic E-state index is 13.8. The molecule has 11 heteroatoms. The van der Waals surface area contributed by atoms with Crippen LogP contribution in [-0.4, -0.2) is 40.6 Å². The number of esters is 1. The van der Waals surface area contributed by atoms with E-state index in [1.807, 2.05) is 54.6 Å². The Morgan fingerprint density at radius 3 is 2.30 bits per heavy atom. The molecule has 0 saturated carbocycles. The molecule has 5 rings (SSSR count). The number of nitro benzene ring substituents is 1. The van der Waals surface area contributed by atoms with Crippen molar-refractivity contribution in [2.24, 2.45) is 0 Å². The number of hydrogen-bond donors (Lipinski definition) is 2. The molecule has 2 heterocycles. The smallest absolute Gasteiger partial charge is 0.337 e. The van der Waals surface area contributed by atoms with Crippen LogP contribution in [0.15, 0.2) is 94.4 Å². The Kier molecular flexibility index (Phi) is 9.44. The van der Waals surface area contributed by atoms with Gasteiger partial charge in [0.05, 0.1) is 34.3 Å². The molecule has 0 aliphatic carbocycles. The number of nitrogens with one attached hydrogen (secondary N) is 2. The van der Waals surface area contributed by atoms with Gasteiger partial charge < -0.3 is 19.9 Å². The van der Waals surface area contributed by atoms with Crippen molar-refractivity contribution in [3.05, 3.63) is 127 Å². The van der Waals surface area contributed by atoms with Crippen LogP contribution >= 0.6 is 11.8 Å². The fourth-order valence-electron chi connectivity index (χ4n) is 5.29. The van der Waals surface area contributed by atoms with E-state index in [9.17, 15) is 19.7 Å². The third kappa shape index (κ3) is 6.37. The molecule has 0 amide bonds. The lowest BCUT2D eigenvalue weighted by molar-refractivity contribution is -0.384. The highest BCUT2D eigenvalue weighted by atomic mass is 32.2. The molecule has 0 fully saturated rings. The fourth-order valence-corrected chi connectivity index (χ4v) is 6.11. The van der Waals surface area contributed by atoms with E-state index in [1.165, 1.54) is 23.9 Å². The van der Waals surface area contributed by atoms with Gasteiger partial charge in [0, 0.05) is 36.7 Å². The quantitative estimate of drug-likeness (QED) is 0.0655. The first-order valence-corrected chi connectivity index (χ1v) is 15.4. The molecule has 226 valence electrons. The summed E-state index contributed by atoms with van der Waals surface area (Å²) in [6.07, 6.45) is 0. The van der Waals surface area contributed by atoms with E-state index < -0.39 is 16.8 Å². The van der Waals surface area contributed by atoms with Gasteiger partial charge in [-0.3, -0.25) is 14.9 Å². The molecule has 0 spiro atoms. The highest BCUT2D eigenvalue weighted by Crippen LogP contribution is 2.43. The number of carbonyl (C=O) groups is 1. The summed E-state index contributed by atoms with van der Waals surface area (Å²) in [5, 5.41) is 14.7. The van der Waals surface area contributed by atoms with Gasteiger partial charge in [0.25, 0.3) is 11.2 Å². The summed E-state index contributed by atoms with van der Waals surface area (Å²) in [5.74, 6) is -0.468. The Morgan fingerprint density at radius 1 is 1.00 bits per heavy atom. The largest absolute Gasteiger partial charge is 0.463 e. The predicted molar refractivity (Wildman–Crippen MR) is 173 cm³/mol. The van der Waals surface area contributed by atoms with Crippen molar-refractivity contribution in [3.8, 4) is 0 Å². The van der Waals surface area contributed by atoms with Crippen LogP contribution in [0.4, 0.5) is 17.2 Å². The van der Waals surface area contributed by atoms with Crippen molar-refractivity contribution < 1.29 is 14.5 Å². The van der Waals surface area contributed by atoms with E-state index in [0.29, 0.717) is 33.6 Å². The molecular formula is C33H33N5O5S. The summed E-state index contributed by atoms with van der Waals surface area (Å²) in [7, 11) is 0. The molecule has 10 nitrogen and oxygen atoms in total. The molecule has 1 aromatic heterocycles. The highest BCUT2D eigenvalue weighted by Gasteiger charge is 2.38. The van der Waals surface area contributed by atoms with Crippen molar-refractivity contribution in [1.82, 2.24) is 9.97 Å². The van der Waals surface area contributed by atoms with Gasteiger partial charge in [-0.2, -0.15) is 0 Å². The number of thioether (sulfide) groups is 1. The monoisotopic (exact) mass is 611 g/mol. The van der Waals surface area contributed by atoms with Crippen LogP contribution < -0.4 is 15.8 Å². The van der Waals surface area contributed by atoms with Crippen molar-refractivity contribution >= 4 is 40.6 Å². The first-order chi connectivity index (χ1) is 21.3. The minimum Gasteiger partial charge on any atom is -0.463 e. The lowest BCUT2D eigenvalue weighted by Gasteiger charge is -2.30. The summed E-state index contributed by atoms with van der Waals surface area (Å²) in [6, 6.07) is 23.6. The second-order valence-corrected chi connectivity index (χ2v) is 11.0. The maximum atomic E-state index is 13.8. The minimum absolute atomic E-state index is 0.0112. The molecule has 4 aromatic rings. The van der Waals surface area contributed by atoms with Gasteiger partial charge in [0.1, 0.15) is 5.82 Å². The molecule has 0 bridgehead atoms. The second kappa shape index (κ2) is 13.6. The number of benzene rings is 3. The first-order valence-electron chi connectivity index (χ1n) is 14.4. The van der Waals surface area contributed by atoms with Gasteiger partial charge in [0.2, 0.25) is 0 Å². The van der Waals surface area contributed by atoms with E-state index in [0.717, 1.165) is 35.5 Å². The number of aromatic amines is 1. The van der Waals surface area contributed by atoms with Gasteiger partial charge >= 0.3 is 5.97 Å². The first kappa shape index (κ1) is 30.6. The zero-order valence-corrected chi connectivity index (χ0v) is 25.5. The average molecular weight is 612 g/mol. The van der Waals surface area contributed by atoms with Crippen LogP contribution in [0, 0.1) is 10.1 Å². The number of non-ortho nitro benzene ring substituents is 1. The lowest BCUT2D eigenvalue weighted by Crippen LogP contribution is -2.31. The number of H-pyrrole nitrogens is 1. The van der Waals surface area contributed by atoms with Gasteiger partial charge in [-0.15, -0.1) is 0 Å². The van der Waals surface area contributed by atoms with E-state index in [2.05, 4.69) is 29.0 Å². The van der Waals surface area contributed by atoms with Crippen LogP contribution in [0.3, 0.4) is 0 Å². The van der Waals surface area contributed by atoms with Crippen LogP contribution in [0.1, 0.15) is 48.9 Å². The zero-order valence-electron chi connectivity index (χ0n) is 24.7. The number of aromatic nitrogens is 2. The van der Waals surface area contributed by atoms with Crippen molar-refractivity contribution in [2.75, 3.05) is 29.9 Å². The Hall–Kier alpha value is -4.90. The Morgan fingerprint density at radius 2 is 1.68 bits per heavy atom. The number of anilines is 2. The number of hydrogen-bond acceptors (Lipinski definition) is 9. The molecule has 0 radical (unpaired) electrons. The van der Waals surface area contributed by atoms with Crippen molar-refractivity contribution in [3.63, 3.8) is 0 Å². The summed E-state index contributed by atoms with van der Waals surface area (Å²) in [6.45, 7) is 7.82. The number of nitrogens with zero attached hydrogens (tertiary/aromatic N) is 3. The Balaban J connectivity index is 1.61. The van der Waals surface area contributed by atoms with Gasteiger partial charge in [-0.05, 0) is 49.6 Å². The van der Waals surface area contributed by atoms with Crippen LogP contribution in [0.2, 0.25) is 0 Å². The lowest BCUT2D eigenvalue weighted by atomic mass is 9.81. The van der Waals surface area contributed by atoms with Crippen LogP contribution in [0.5, 0.6) is 0 Å². The SMILES string of the molecule is CCOC(=O)C1=C(c2ccccc2)Nc2nc(SCc3ccc([N+](=O)[O-])cc3)[nH]c(=O)c2C1c1ccc(N(CC)CC)cc1. The van der Waals surface area contributed by atoms with Crippen molar-refractivity contribution in [1.29, 1.82) is 0 Å². The molecule has 1 unspecified atom stereocenters. The zero-order chi connectivity index (χ0) is 31.2. The van der Waals surface area contributed by atoms with Gasteiger partial charge in [0.15, 0.2) is 5.16 Å². The number of ether oxygens (including phenoxy) is 1. The summed E-state index contributed by atoms with van der Waals surface area (Å²) < 4.78 is 5.55.